The van der Waals surface area contributed by atoms with Crippen LogP contribution in [-0.2, 0) is 15.2 Å². The van der Waals surface area contributed by atoms with Gasteiger partial charge in [0.05, 0.1) is 10.8 Å². The van der Waals surface area contributed by atoms with E-state index in [2.05, 4.69) is 15.6 Å². The van der Waals surface area contributed by atoms with Crippen molar-refractivity contribution < 1.29 is 32.0 Å². The second kappa shape index (κ2) is 8.08. The van der Waals surface area contributed by atoms with Crippen molar-refractivity contribution >= 4 is 39.3 Å². The van der Waals surface area contributed by atoms with Gasteiger partial charge < -0.3 is 10.6 Å². The fourth-order valence-electron chi connectivity index (χ4n) is 2.40. The molecule has 3 rings (SSSR count). The zero-order valence-electron chi connectivity index (χ0n) is 14.2. The van der Waals surface area contributed by atoms with Gasteiger partial charge in [-0.25, -0.2) is 0 Å². The Kier molecular flexibility index (Phi) is 6.03. The van der Waals surface area contributed by atoms with E-state index in [0.717, 1.165) is 0 Å². The molecule has 13 heteroatoms. The number of benzene rings is 1. The highest BCUT2D eigenvalue weighted by Crippen LogP contribution is 2.39. The summed E-state index contributed by atoms with van der Waals surface area (Å²) in [6, 6.07) is 5.73. The third kappa shape index (κ3) is 5.29. The van der Waals surface area contributed by atoms with Crippen LogP contribution in [0.5, 0.6) is 0 Å². The van der Waals surface area contributed by atoms with Crippen molar-refractivity contribution in [1.29, 1.82) is 0 Å². The highest BCUT2D eigenvalue weighted by Gasteiger charge is 2.31. The molecule has 1 aliphatic heterocycles. The summed E-state index contributed by atoms with van der Waals surface area (Å²) in [6.45, 7) is 1.67. The maximum atomic E-state index is 12.2. The van der Waals surface area contributed by atoms with E-state index in [4.69, 9.17) is 17.5 Å². The molecule has 1 aromatic carbocycles. The Bertz CT molecular complexity index is 1030. The van der Waals surface area contributed by atoms with Gasteiger partial charge in [-0.05, 0) is 30.7 Å². The van der Waals surface area contributed by atoms with E-state index in [0.29, 0.717) is 16.8 Å². The number of amides is 2. The molecule has 2 amide bonds. The second-order valence-electron chi connectivity index (χ2n) is 5.56. The van der Waals surface area contributed by atoms with E-state index >= 15 is 0 Å². The SMILES string of the molecule is CC1C(=O)Nc2cc(NC(=O)c3ccncc3)c([N+](=O)[O-])cc21.O=S(=O)(O)O. The molecule has 148 valence electrons. The molecule has 2 aromatic rings. The van der Waals surface area contributed by atoms with Crippen molar-refractivity contribution in [2.45, 2.75) is 12.8 Å². The molecular weight excluding hydrogens is 396 g/mol. The number of hydrogen-bond donors (Lipinski definition) is 4. The molecule has 12 nitrogen and oxygen atoms in total. The maximum absolute atomic E-state index is 12.2. The van der Waals surface area contributed by atoms with Gasteiger partial charge in [-0.1, -0.05) is 0 Å². The van der Waals surface area contributed by atoms with Crippen molar-refractivity contribution in [3.05, 3.63) is 57.9 Å². The Balaban J connectivity index is 0.000000500. The van der Waals surface area contributed by atoms with Crippen molar-refractivity contribution in [1.82, 2.24) is 4.98 Å². The topological polar surface area (TPSA) is 189 Å². The fourth-order valence-corrected chi connectivity index (χ4v) is 2.40. The second-order valence-corrected chi connectivity index (χ2v) is 6.46. The van der Waals surface area contributed by atoms with Gasteiger partial charge in [0.2, 0.25) is 5.91 Å². The Labute approximate surface area is 158 Å². The first-order chi connectivity index (χ1) is 13.0. The molecule has 1 aromatic heterocycles. The van der Waals surface area contributed by atoms with Crippen LogP contribution in [0.15, 0.2) is 36.7 Å². The number of rotatable bonds is 3. The third-order valence-corrected chi connectivity index (χ3v) is 3.67. The van der Waals surface area contributed by atoms with Gasteiger partial charge in [-0.15, -0.1) is 0 Å². The predicted molar refractivity (Wildman–Crippen MR) is 96.5 cm³/mol. The molecule has 28 heavy (non-hydrogen) atoms. The van der Waals surface area contributed by atoms with Crippen LogP contribution in [0, 0.1) is 10.1 Å². The standard InChI is InChI=1S/C15H12N4O4.H2O4S/c1-8-10-6-13(19(22)23)12(7-11(10)17-14(8)20)18-15(21)9-2-4-16-5-3-9;1-5(2,3)4/h2-8H,1H3,(H,17,20)(H,18,21);(H2,1,2,3,4). The number of carbonyl (C=O) groups excluding carboxylic acids is 2. The number of aromatic nitrogens is 1. The van der Waals surface area contributed by atoms with Gasteiger partial charge in [-0.3, -0.25) is 33.8 Å². The Morgan fingerprint density at radius 2 is 1.86 bits per heavy atom. The Morgan fingerprint density at radius 1 is 1.29 bits per heavy atom. The summed E-state index contributed by atoms with van der Waals surface area (Å²) in [5.74, 6) is -1.19. The highest BCUT2D eigenvalue weighted by molar-refractivity contribution is 7.79. The molecule has 0 radical (unpaired) electrons. The first-order valence-electron chi connectivity index (χ1n) is 7.52. The average Bonchev–Trinajstić information content (AvgIpc) is 2.87. The minimum absolute atomic E-state index is 0.0324. The number of nitrogens with one attached hydrogen (secondary N) is 2. The van der Waals surface area contributed by atoms with Crippen LogP contribution in [0.25, 0.3) is 0 Å². The van der Waals surface area contributed by atoms with Crippen LogP contribution in [0.3, 0.4) is 0 Å². The molecule has 0 bridgehead atoms. The molecule has 4 N–H and O–H groups in total. The fraction of sp³-hybridized carbons (Fsp3) is 0.133. The van der Waals surface area contributed by atoms with Crippen LogP contribution >= 0.6 is 0 Å². The van der Waals surface area contributed by atoms with Crippen LogP contribution in [-0.4, -0.2) is 39.2 Å². The van der Waals surface area contributed by atoms with Crippen molar-refractivity contribution in [3.8, 4) is 0 Å². The number of nitrogens with zero attached hydrogens (tertiary/aromatic N) is 2. The zero-order chi connectivity index (χ0) is 21.1. The van der Waals surface area contributed by atoms with Crippen LogP contribution < -0.4 is 10.6 Å². The highest BCUT2D eigenvalue weighted by atomic mass is 32.3. The van der Waals surface area contributed by atoms with E-state index in [9.17, 15) is 19.7 Å². The Hall–Kier alpha value is -3.42. The van der Waals surface area contributed by atoms with Crippen molar-refractivity contribution in [2.24, 2.45) is 0 Å². The summed E-state index contributed by atoms with van der Waals surface area (Å²) in [4.78, 5) is 38.4. The molecule has 1 atom stereocenters. The number of carbonyl (C=O) groups is 2. The molecule has 0 saturated heterocycles. The summed E-state index contributed by atoms with van der Waals surface area (Å²) >= 11 is 0. The summed E-state index contributed by atoms with van der Waals surface area (Å²) in [7, 11) is -4.67. The van der Waals surface area contributed by atoms with E-state index in [1.54, 1.807) is 6.92 Å². The number of pyridine rings is 1. The minimum Gasteiger partial charge on any atom is -0.325 e. The Morgan fingerprint density at radius 3 is 2.39 bits per heavy atom. The van der Waals surface area contributed by atoms with E-state index in [-0.39, 0.29) is 17.3 Å². The first-order valence-corrected chi connectivity index (χ1v) is 8.91. The predicted octanol–water partition coefficient (Wildman–Crippen LogP) is 1.64. The van der Waals surface area contributed by atoms with Crippen LogP contribution in [0.4, 0.5) is 17.1 Å². The summed E-state index contributed by atoms with van der Waals surface area (Å²) in [6.07, 6.45) is 2.90. The minimum atomic E-state index is -4.67. The number of nitro benzene ring substituents is 1. The van der Waals surface area contributed by atoms with E-state index in [1.807, 2.05) is 0 Å². The number of anilines is 2. The van der Waals surface area contributed by atoms with E-state index < -0.39 is 27.1 Å². The molecule has 0 spiro atoms. The molecule has 0 fully saturated rings. The number of nitro groups is 1. The van der Waals surface area contributed by atoms with Gasteiger partial charge in [0.15, 0.2) is 0 Å². The lowest BCUT2D eigenvalue weighted by Gasteiger charge is -2.09. The monoisotopic (exact) mass is 410 g/mol. The zero-order valence-corrected chi connectivity index (χ0v) is 15.0. The smallest absolute Gasteiger partial charge is 0.325 e. The molecule has 1 unspecified atom stereocenters. The van der Waals surface area contributed by atoms with Gasteiger partial charge in [0, 0.05) is 29.7 Å². The number of hydrogen-bond acceptors (Lipinski definition) is 7. The first kappa shape index (κ1) is 20.9. The van der Waals surface area contributed by atoms with Crippen LogP contribution in [0.2, 0.25) is 0 Å². The molecule has 0 saturated carbocycles. The third-order valence-electron chi connectivity index (χ3n) is 3.67. The lowest BCUT2D eigenvalue weighted by atomic mass is 10.0. The van der Waals surface area contributed by atoms with Gasteiger partial charge in [0.1, 0.15) is 5.69 Å². The quantitative estimate of drug-likeness (QED) is 0.331. The normalized spacial score (nSPS) is 15.0. The van der Waals surface area contributed by atoms with E-state index in [1.165, 1.54) is 36.7 Å². The lowest BCUT2D eigenvalue weighted by molar-refractivity contribution is -0.384. The summed E-state index contributed by atoms with van der Waals surface area (Å²) < 4.78 is 31.6. The van der Waals surface area contributed by atoms with Gasteiger partial charge >= 0.3 is 10.4 Å². The molecule has 2 heterocycles. The van der Waals surface area contributed by atoms with Crippen molar-refractivity contribution in [2.75, 3.05) is 10.6 Å². The summed E-state index contributed by atoms with van der Waals surface area (Å²) in [5, 5.41) is 16.4. The van der Waals surface area contributed by atoms with Gasteiger partial charge in [-0.2, -0.15) is 8.42 Å². The molecular formula is C15H14N4O8S. The largest absolute Gasteiger partial charge is 0.394 e. The molecule has 0 aliphatic carbocycles. The van der Waals surface area contributed by atoms with Gasteiger partial charge in [0.25, 0.3) is 11.6 Å². The van der Waals surface area contributed by atoms with Crippen molar-refractivity contribution in [3.63, 3.8) is 0 Å². The number of fused-ring (bicyclic) bond motifs is 1. The lowest BCUT2D eigenvalue weighted by Crippen LogP contribution is -2.13. The maximum Gasteiger partial charge on any atom is 0.394 e. The average molecular weight is 410 g/mol. The summed E-state index contributed by atoms with van der Waals surface area (Å²) in [5.41, 5.74) is 1.12. The molecule has 1 aliphatic rings. The van der Waals surface area contributed by atoms with Crippen LogP contribution in [0.1, 0.15) is 28.8 Å².